The SMILES string of the molecule is C[Si](C)(C)c1ccc(-c2[c-]cccc2)nc1.[Ir].[c-]1cc(-c2ccccc2)c2c(oc3ccccc32)c1-c1ccccn1. The van der Waals surface area contributed by atoms with Gasteiger partial charge in [0, 0.05) is 37.9 Å². The summed E-state index contributed by atoms with van der Waals surface area (Å²) in [6, 6.07) is 45.3. The van der Waals surface area contributed by atoms with Crippen molar-refractivity contribution in [1.29, 1.82) is 0 Å². The van der Waals surface area contributed by atoms with Crippen LogP contribution in [0, 0.1) is 12.1 Å². The van der Waals surface area contributed by atoms with E-state index in [0.717, 1.165) is 55.6 Å². The fourth-order valence-electron chi connectivity index (χ4n) is 4.87. The third-order valence-electron chi connectivity index (χ3n) is 7.07. The van der Waals surface area contributed by atoms with Crippen LogP contribution in [0.1, 0.15) is 0 Å². The van der Waals surface area contributed by atoms with Crippen LogP contribution in [-0.2, 0) is 20.1 Å². The van der Waals surface area contributed by atoms with Gasteiger partial charge in [0.15, 0.2) is 0 Å². The number of pyridine rings is 2. The van der Waals surface area contributed by atoms with E-state index in [2.05, 4.69) is 84.2 Å². The summed E-state index contributed by atoms with van der Waals surface area (Å²) in [6.07, 6.45) is 3.81. The number of fused-ring (bicyclic) bond motifs is 3. The molecule has 0 unspecified atom stereocenters. The minimum Gasteiger partial charge on any atom is -0.501 e. The van der Waals surface area contributed by atoms with Crippen molar-refractivity contribution in [2.75, 3.05) is 0 Å². The van der Waals surface area contributed by atoms with Gasteiger partial charge in [0.1, 0.15) is 5.58 Å². The molecule has 209 valence electrons. The van der Waals surface area contributed by atoms with Gasteiger partial charge < -0.3 is 14.4 Å². The molecule has 0 aliphatic heterocycles. The minimum atomic E-state index is -1.23. The summed E-state index contributed by atoms with van der Waals surface area (Å²) in [4.78, 5) is 9.00. The maximum Gasteiger partial charge on any atom is 0.120 e. The van der Waals surface area contributed by atoms with Gasteiger partial charge in [-0.05, 0) is 34.1 Å². The van der Waals surface area contributed by atoms with E-state index in [0.29, 0.717) is 0 Å². The van der Waals surface area contributed by atoms with Crippen molar-refractivity contribution in [2.45, 2.75) is 19.6 Å². The zero-order valence-electron chi connectivity index (χ0n) is 23.8. The summed E-state index contributed by atoms with van der Waals surface area (Å²) in [5, 5.41) is 3.62. The summed E-state index contributed by atoms with van der Waals surface area (Å²) in [5.41, 5.74) is 7.82. The molecule has 5 heteroatoms. The Morgan fingerprint density at radius 1 is 0.690 bits per heavy atom. The van der Waals surface area contributed by atoms with Gasteiger partial charge in [-0.2, -0.15) is 0 Å². The number of benzene rings is 4. The Bertz CT molecular complexity index is 1900. The summed E-state index contributed by atoms with van der Waals surface area (Å²) in [6.45, 7) is 7.00. The number of hydrogen-bond acceptors (Lipinski definition) is 3. The Labute approximate surface area is 261 Å². The molecular weight excluding hydrogens is 709 g/mol. The topological polar surface area (TPSA) is 38.9 Å². The third-order valence-corrected chi connectivity index (χ3v) is 9.10. The maximum atomic E-state index is 6.23. The first-order valence-corrected chi connectivity index (χ1v) is 17.3. The molecular formula is C37H30IrN2OSi-2. The standard InChI is InChI=1S/C23H14NO.C14H16NSi.Ir/c1-2-8-16(9-3-1)17-13-14-18(20-11-6-7-15-24-20)23-22(17)19-10-4-5-12-21(19)25-23;1-16(2,3)13-9-10-14(15-11-13)12-7-5-4-6-8-12;/h1-13,15H;4-7,9-11H,1-3H3;/q2*-1;. The van der Waals surface area contributed by atoms with Gasteiger partial charge >= 0.3 is 0 Å². The molecule has 4 aromatic carbocycles. The van der Waals surface area contributed by atoms with Crippen molar-refractivity contribution in [3.63, 3.8) is 0 Å². The molecule has 0 atom stereocenters. The van der Waals surface area contributed by atoms with E-state index in [4.69, 9.17) is 4.42 Å². The van der Waals surface area contributed by atoms with Crippen LogP contribution in [0.4, 0.5) is 0 Å². The van der Waals surface area contributed by atoms with Crippen molar-refractivity contribution in [3.8, 4) is 33.6 Å². The quantitative estimate of drug-likeness (QED) is 0.134. The van der Waals surface area contributed by atoms with Crippen LogP contribution >= 0.6 is 0 Å². The van der Waals surface area contributed by atoms with Gasteiger partial charge in [-0.25, -0.2) is 0 Å². The molecule has 3 aromatic heterocycles. The van der Waals surface area contributed by atoms with Gasteiger partial charge in [-0.3, -0.25) is 0 Å². The molecule has 0 bridgehead atoms. The molecule has 0 amide bonds. The number of hydrogen-bond donors (Lipinski definition) is 0. The van der Waals surface area contributed by atoms with Crippen molar-refractivity contribution < 1.29 is 24.5 Å². The smallest absolute Gasteiger partial charge is 0.120 e. The predicted molar refractivity (Wildman–Crippen MR) is 173 cm³/mol. The van der Waals surface area contributed by atoms with E-state index in [1.54, 1.807) is 6.20 Å². The fourth-order valence-corrected chi connectivity index (χ4v) is 5.90. The molecule has 0 N–H and O–H groups in total. The van der Waals surface area contributed by atoms with Crippen molar-refractivity contribution in [1.82, 2.24) is 9.97 Å². The second-order valence-electron chi connectivity index (χ2n) is 10.9. The molecule has 0 aliphatic rings. The van der Waals surface area contributed by atoms with Crippen LogP contribution in [0.15, 0.2) is 132 Å². The summed E-state index contributed by atoms with van der Waals surface area (Å²) < 4.78 is 6.23. The van der Waals surface area contributed by atoms with Crippen molar-refractivity contribution in [2.24, 2.45) is 0 Å². The van der Waals surface area contributed by atoms with E-state index >= 15 is 0 Å². The summed E-state index contributed by atoms with van der Waals surface area (Å²) in [5.74, 6) is 0. The molecule has 0 fully saturated rings. The van der Waals surface area contributed by atoms with Gasteiger partial charge in [-0.1, -0.05) is 109 Å². The second-order valence-corrected chi connectivity index (χ2v) is 16.0. The summed E-state index contributed by atoms with van der Waals surface area (Å²) in [7, 11) is -1.23. The number of furan rings is 1. The first-order valence-electron chi connectivity index (χ1n) is 13.8. The Balaban J connectivity index is 0.000000181. The van der Waals surface area contributed by atoms with Gasteiger partial charge in [-0.15, -0.1) is 48.0 Å². The number of rotatable bonds is 4. The average molecular weight is 739 g/mol. The van der Waals surface area contributed by atoms with E-state index in [9.17, 15) is 0 Å². The zero-order valence-corrected chi connectivity index (χ0v) is 27.2. The van der Waals surface area contributed by atoms with E-state index in [-0.39, 0.29) is 20.1 Å². The van der Waals surface area contributed by atoms with Crippen molar-refractivity contribution in [3.05, 3.63) is 140 Å². The van der Waals surface area contributed by atoms with Crippen LogP contribution in [0.3, 0.4) is 0 Å². The molecule has 0 saturated heterocycles. The second kappa shape index (κ2) is 12.8. The predicted octanol–water partition coefficient (Wildman–Crippen LogP) is 9.21. The van der Waals surface area contributed by atoms with Gasteiger partial charge in [0.2, 0.25) is 0 Å². The molecule has 0 spiro atoms. The molecule has 1 radical (unpaired) electrons. The number of nitrogens with zero attached hydrogens (tertiary/aromatic N) is 2. The Morgan fingerprint density at radius 3 is 2.14 bits per heavy atom. The Morgan fingerprint density at radius 2 is 1.45 bits per heavy atom. The zero-order chi connectivity index (χ0) is 28.2. The first kappa shape index (κ1) is 29.3. The van der Waals surface area contributed by atoms with Crippen LogP contribution < -0.4 is 5.19 Å². The normalized spacial score (nSPS) is 11.0. The van der Waals surface area contributed by atoms with Crippen molar-refractivity contribution >= 4 is 35.2 Å². The third kappa shape index (κ3) is 6.19. The number of para-hydroxylation sites is 1. The molecule has 42 heavy (non-hydrogen) atoms. The van der Waals surface area contributed by atoms with Crippen LogP contribution in [0.2, 0.25) is 19.6 Å². The fraction of sp³-hybridized carbons (Fsp3) is 0.0811. The molecule has 3 heterocycles. The van der Waals surface area contributed by atoms with E-state index < -0.39 is 8.07 Å². The largest absolute Gasteiger partial charge is 0.501 e. The minimum absolute atomic E-state index is 0. The van der Waals surface area contributed by atoms with Crippen LogP contribution in [0.5, 0.6) is 0 Å². The molecule has 3 nitrogen and oxygen atoms in total. The van der Waals surface area contributed by atoms with E-state index in [1.165, 1.54) is 5.19 Å². The average Bonchev–Trinajstić information content (AvgIpc) is 3.42. The van der Waals surface area contributed by atoms with Crippen LogP contribution in [-0.4, -0.2) is 18.0 Å². The van der Waals surface area contributed by atoms with Crippen LogP contribution in [0.25, 0.3) is 55.6 Å². The van der Waals surface area contributed by atoms with E-state index in [1.807, 2.05) is 79.0 Å². The maximum absolute atomic E-state index is 6.23. The molecule has 7 rings (SSSR count). The Hall–Kier alpha value is -4.15. The molecule has 7 aromatic rings. The van der Waals surface area contributed by atoms with Gasteiger partial charge in [0.05, 0.1) is 13.7 Å². The molecule has 0 saturated carbocycles. The Kier molecular flexibility index (Phi) is 8.93. The first-order chi connectivity index (χ1) is 20.0. The number of aromatic nitrogens is 2. The monoisotopic (exact) mass is 739 g/mol. The summed E-state index contributed by atoms with van der Waals surface area (Å²) >= 11 is 0. The van der Waals surface area contributed by atoms with Gasteiger partial charge in [0.25, 0.3) is 0 Å². The molecule has 0 aliphatic carbocycles.